The summed E-state index contributed by atoms with van der Waals surface area (Å²) in [5.41, 5.74) is 3.43. The van der Waals surface area contributed by atoms with Crippen LogP contribution >= 0.6 is 23.2 Å². The van der Waals surface area contributed by atoms with Crippen molar-refractivity contribution in [2.75, 3.05) is 19.4 Å². The summed E-state index contributed by atoms with van der Waals surface area (Å²) >= 11 is 12.1. The van der Waals surface area contributed by atoms with E-state index in [1.165, 1.54) is 6.08 Å². The number of allylic oxidation sites excluding steroid dienone is 3. The lowest BCUT2D eigenvalue weighted by Crippen LogP contribution is -2.04. The zero-order valence-corrected chi connectivity index (χ0v) is 17.4. The Kier molecular flexibility index (Phi) is 6.80. The van der Waals surface area contributed by atoms with Crippen molar-refractivity contribution >= 4 is 51.8 Å². The molecule has 6 nitrogen and oxygen atoms in total. The van der Waals surface area contributed by atoms with Gasteiger partial charge in [-0.2, -0.15) is 0 Å². The third-order valence-corrected chi connectivity index (χ3v) is 4.35. The van der Waals surface area contributed by atoms with E-state index < -0.39 is 0 Å². The zero-order chi connectivity index (χ0) is 20.8. The van der Waals surface area contributed by atoms with Crippen LogP contribution in [0.5, 0.6) is 0 Å². The van der Waals surface area contributed by atoms with Gasteiger partial charge in [0.25, 0.3) is 0 Å². The monoisotopic (exact) mass is 427 g/mol. The number of hydrogen-bond acceptors (Lipinski definition) is 6. The van der Waals surface area contributed by atoms with Crippen LogP contribution in [0.3, 0.4) is 0 Å². The molecule has 8 heteroatoms. The predicted octanol–water partition coefficient (Wildman–Crippen LogP) is 4.60. The fraction of sp³-hybridized carbons (Fsp3) is 0.143. The van der Waals surface area contributed by atoms with Crippen LogP contribution in [0, 0.1) is 0 Å². The first-order chi connectivity index (χ1) is 14.0. The standard InChI is InChI=1S/C21H19Cl2N5O/c1-28(2)13-16(4-3-7-29)15-5-6-19-18(9-15)20(27-21(23)26-19)25-11-14-8-17(22)12-24-10-14/h3-10,12-13H,11H2,1-2H3,(H,25,26,27)/b4-3-,16-13+. The Balaban J connectivity index is 2.02. The highest BCUT2D eigenvalue weighted by molar-refractivity contribution is 6.30. The maximum atomic E-state index is 10.8. The highest BCUT2D eigenvalue weighted by Gasteiger charge is 2.10. The van der Waals surface area contributed by atoms with Gasteiger partial charge < -0.3 is 10.2 Å². The van der Waals surface area contributed by atoms with Crippen LogP contribution in [0.1, 0.15) is 11.1 Å². The number of aromatic nitrogens is 3. The van der Waals surface area contributed by atoms with Gasteiger partial charge in [-0.3, -0.25) is 9.78 Å². The molecule has 1 N–H and O–H groups in total. The molecule has 0 spiro atoms. The van der Waals surface area contributed by atoms with Gasteiger partial charge in [0.2, 0.25) is 5.28 Å². The predicted molar refractivity (Wildman–Crippen MR) is 118 cm³/mol. The largest absolute Gasteiger partial charge is 0.383 e. The van der Waals surface area contributed by atoms with Gasteiger partial charge in [-0.15, -0.1) is 0 Å². The molecule has 0 unspecified atom stereocenters. The van der Waals surface area contributed by atoms with E-state index >= 15 is 0 Å². The number of carbonyl (C=O) groups is 1. The fourth-order valence-corrected chi connectivity index (χ4v) is 3.16. The Morgan fingerprint density at radius 1 is 1.17 bits per heavy atom. The summed E-state index contributed by atoms with van der Waals surface area (Å²) in [5, 5.41) is 4.82. The van der Waals surface area contributed by atoms with Gasteiger partial charge in [-0.05, 0) is 58.7 Å². The van der Waals surface area contributed by atoms with Gasteiger partial charge >= 0.3 is 0 Å². The Labute approximate surface area is 178 Å². The lowest BCUT2D eigenvalue weighted by atomic mass is 10.0. The average Bonchev–Trinajstić information content (AvgIpc) is 2.68. The maximum absolute atomic E-state index is 10.8. The molecule has 0 radical (unpaired) electrons. The Morgan fingerprint density at radius 3 is 2.72 bits per heavy atom. The van der Waals surface area contributed by atoms with Crippen LogP contribution in [-0.2, 0) is 11.3 Å². The normalized spacial score (nSPS) is 11.8. The van der Waals surface area contributed by atoms with Crippen LogP contribution in [-0.4, -0.2) is 40.2 Å². The van der Waals surface area contributed by atoms with E-state index in [-0.39, 0.29) is 5.28 Å². The third-order valence-electron chi connectivity index (χ3n) is 3.97. The van der Waals surface area contributed by atoms with Crippen LogP contribution in [0.4, 0.5) is 5.82 Å². The number of nitrogens with zero attached hydrogens (tertiary/aromatic N) is 4. The molecule has 0 saturated heterocycles. The number of rotatable bonds is 7. The molecule has 2 aromatic heterocycles. The lowest BCUT2D eigenvalue weighted by Gasteiger charge is -2.13. The smallest absolute Gasteiger partial charge is 0.224 e. The van der Waals surface area contributed by atoms with E-state index in [9.17, 15) is 4.79 Å². The van der Waals surface area contributed by atoms with E-state index in [0.29, 0.717) is 22.9 Å². The summed E-state index contributed by atoms with van der Waals surface area (Å²) in [4.78, 5) is 25.4. The summed E-state index contributed by atoms with van der Waals surface area (Å²) in [6.07, 6.45) is 9.22. The molecular weight excluding hydrogens is 409 g/mol. The summed E-state index contributed by atoms with van der Waals surface area (Å²) in [7, 11) is 3.84. The summed E-state index contributed by atoms with van der Waals surface area (Å²) in [5.74, 6) is 0.602. The molecule has 0 aliphatic carbocycles. The van der Waals surface area contributed by atoms with Crippen molar-refractivity contribution in [3.8, 4) is 0 Å². The molecule has 0 aliphatic rings. The Hall–Kier alpha value is -2.96. The topological polar surface area (TPSA) is 71.0 Å². The zero-order valence-electron chi connectivity index (χ0n) is 15.9. The van der Waals surface area contributed by atoms with Crippen molar-refractivity contribution in [1.29, 1.82) is 0 Å². The second-order valence-corrected chi connectivity index (χ2v) is 7.26. The van der Waals surface area contributed by atoms with E-state index in [1.807, 2.05) is 49.5 Å². The first-order valence-electron chi connectivity index (χ1n) is 8.77. The average molecular weight is 428 g/mol. The van der Waals surface area contributed by atoms with Crippen molar-refractivity contribution < 1.29 is 4.79 Å². The van der Waals surface area contributed by atoms with Crippen LogP contribution in [0.2, 0.25) is 10.3 Å². The van der Waals surface area contributed by atoms with Crippen LogP contribution < -0.4 is 5.32 Å². The molecule has 1 aromatic carbocycles. The molecule has 0 amide bonds. The van der Waals surface area contributed by atoms with Crippen molar-refractivity contribution in [3.63, 3.8) is 0 Å². The van der Waals surface area contributed by atoms with E-state index in [1.54, 1.807) is 18.5 Å². The van der Waals surface area contributed by atoms with Crippen molar-refractivity contribution in [2.24, 2.45) is 0 Å². The molecule has 3 aromatic rings. The molecule has 0 bridgehead atoms. The fourth-order valence-electron chi connectivity index (χ4n) is 2.79. The number of hydrogen-bond donors (Lipinski definition) is 1. The third kappa shape index (κ3) is 5.53. The Morgan fingerprint density at radius 2 is 2.00 bits per heavy atom. The van der Waals surface area contributed by atoms with Crippen molar-refractivity contribution in [2.45, 2.75) is 6.54 Å². The van der Waals surface area contributed by atoms with Gasteiger partial charge in [-0.1, -0.05) is 17.7 Å². The summed E-state index contributed by atoms with van der Waals surface area (Å²) in [6, 6.07) is 7.61. The number of halogens is 2. The van der Waals surface area contributed by atoms with Gasteiger partial charge in [0.05, 0.1) is 10.5 Å². The van der Waals surface area contributed by atoms with E-state index in [4.69, 9.17) is 23.2 Å². The highest BCUT2D eigenvalue weighted by atomic mass is 35.5. The molecule has 3 rings (SSSR count). The maximum Gasteiger partial charge on any atom is 0.224 e. The Bertz CT molecular complexity index is 1100. The number of aldehydes is 1. The second kappa shape index (κ2) is 9.49. The lowest BCUT2D eigenvalue weighted by molar-refractivity contribution is -0.104. The van der Waals surface area contributed by atoms with Gasteiger partial charge in [0.15, 0.2) is 0 Å². The quantitative estimate of drug-likeness (QED) is 0.257. The van der Waals surface area contributed by atoms with E-state index in [0.717, 1.165) is 28.4 Å². The van der Waals surface area contributed by atoms with Crippen molar-refractivity contribution in [3.05, 3.63) is 76.4 Å². The summed E-state index contributed by atoms with van der Waals surface area (Å²) in [6.45, 7) is 0.478. The van der Waals surface area contributed by atoms with Gasteiger partial charge in [0, 0.05) is 44.6 Å². The molecule has 2 heterocycles. The number of pyridine rings is 1. The van der Waals surface area contributed by atoms with Crippen LogP contribution in [0.15, 0.2) is 55.0 Å². The SMILES string of the molecule is CN(C)/C=C(\C=C/C=O)c1ccc2nc(Cl)nc(NCc3cncc(Cl)c3)c2c1. The molecule has 148 valence electrons. The minimum absolute atomic E-state index is 0.155. The van der Waals surface area contributed by atoms with Gasteiger partial charge in [-0.25, -0.2) is 9.97 Å². The number of carbonyl (C=O) groups excluding carboxylic acids is 1. The molecule has 0 atom stereocenters. The number of nitrogens with one attached hydrogen (secondary N) is 1. The first kappa shape index (κ1) is 20.8. The van der Waals surface area contributed by atoms with Crippen LogP contribution in [0.25, 0.3) is 16.5 Å². The molecule has 0 aliphatic heterocycles. The van der Waals surface area contributed by atoms with Gasteiger partial charge in [0.1, 0.15) is 12.1 Å². The van der Waals surface area contributed by atoms with Crippen molar-refractivity contribution in [1.82, 2.24) is 19.9 Å². The number of anilines is 1. The minimum Gasteiger partial charge on any atom is -0.383 e. The number of fused-ring (bicyclic) bond motifs is 1. The molecular formula is C21H19Cl2N5O. The van der Waals surface area contributed by atoms with E-state index in [2.05, 4.69) is 20.3 Å². The number of benzene rings is 1. The molecule has 0 fully saturated rings. The first-order valence-corrected chi connectivity index (χ1v) is 9.53. The molecule has 0 saturated carbocycles. The minimum atomic E-state index is 0.155. The highest BCUT2D eigenvalue weighted by Crippen LogP contribution is 2.27. The second-order valence-electron chi connectivity index (χ2n) is 6.48. The molecule has 29 heavy (non-hydrogen) atoms. The summed E-state index contributed by atoms with van der Waals surface area (Å²) < 4.78 is 0.